The van der Waals surface area contributed by atoms with E-state index < -0.39 is 78.3 Å². The summed E-state index contributed by atoms with van der Waals surface area (Å²) >= 11 is 6.18. The van der Waals surface area contributed by atoms with Crippen LogP contribution >= 0.6 is 19.2 Å². The number of ether oxygens (including phenoxy) is 3. The molecule has 2 aromatic heterocycles. The molecule has 1 aliphatic heterocycles. The Morgan fingerprint density at radius 1 is 1.27 bits per heavy atom. The number of aliphatic hydroxyl groups excluding tert-OH is 2. The third-order valence-electron chi connectivity index (χ3n) is 7.40. The lowest BCUT2D eigenvalue weighted by Crippen LogP contribution is -2.48. The monoisotopic (exact) mass is 697 g/mol. The fraction of sp³-hybridized carbons (Fsp3) is 0.708. The minimum Gasteiger partial charge on any atom is -0.387 e. The Labute approximate surface area is 263 Å². The normalized spacial score (nSPS) is 25.3. The second-order valence-electron chi connectivity index (χ2n) is 11.2. The highest BCUT2D eigenvalue weighted by atomic mass is 35.5. The predicted octanol–water partition coefficient (Wildman–Crippen LogP) is 0.302. The highest BCUT2D eigenvalue weighted by Gasteiger charge is 2.57. The number of aromatic nitrogens is 4. The van der Waals surface area contributed by atoms with Crippen LogP contribution in [0.5, 0.6) is 0 Å². The minimum absolute atomic E-state index is 0.108. The number of halogens is 1. The van der Waals surface area contributed by atoms with Gasteiger partial charge in [-0.2, -0.15) is 15.1 Å². The van der Waals surface area contributed by atoms with E-state index in [1.165, 1.54) is 24.7 Å². The van der Waals surface area contributed by atoms with E-state index in [4.69, 9.17) is 25.8 Å². The van der Waals surface area contributed by atoms with Crippen molar-refractivity contribution >= 4 is 57.8 Å². The van der Waals surface area contributed by atoms with Crippen LogP contribution in [0, 0.1) is 5.92 Å². The van der Waals surface area contributed by atoms with E-state index in [1.807, 2.05) is 4.72 Å². The second kappa shape index (κ2) is 13.8. The average Bonchev–Trinajstić information content (AvgIpc) is 3.66. The van der Waals surface area contributed by atoms with E-state index in [-0.39, 0.29) is 17.0 Å². The number of nitrogens with one attached hydrogen (secondary N) is 2. The number of aliphatic hydroxyl groups is 2. The summed E-state index contributed by atoms with van der Waals surface area (Å²) < 4.78 is 48.2. The number of anilines is 1. The fourth-order valence-electron chi connectivity index (χ4n) is 4.96. The van der Waals surface area contributed by atoms with Crippen LogP contribution in [0.4, 0.5) is 5.82 Å². The van der Waals surface area contributed by atoms with Crippen LogP contribution in [0.1, 0.15) is 45.8 Å². The van der Waals surface area contributed by atoms with Gasteiger partial charge in [0.15, 0.2) is 11.9 Å². The zero-order valence-corrected chi connectivity index (χ0v) is 27.4. The van der Waals surface area contributed by atoms with E-state index in [0.717, 1.165) is 39.0 Å². The van der Waals surface area contributed by atoms with Crippen molar-refractivity contribution in [1.29, 1.82) is 0 Å². The summed E-state index contributed by atoms with van der Waals surface area (Å²) in [5.74, 6) is -2.62. The van der Waals surface area contributed by atoms with Crippen molar-refractivity contribution in [2.75, 3.05) is 31.9 Å². The van der Waals surface area contributed by atoms with Gasteiger partial charge in [-0.3, -0.25) is 18.9 Å². The van der Waals surface area contributed by atoms with Crippen molar-refractivity contribution < 1.29 is 52.6 Å². The van der Waals surface area contributed by atoms with Gasteiger partial charge < -0.3 is 39.5 Å². The van der Waals surface area contributed by atoms with Crippen LogP contribution in [0.25, 0.3) is 11.0 Å². The number of hydrogen-bond acceptors (Lipinski definition) is 13. The molecule has 2 aliphatic rings. The van der Waals surface area contributed by atoms with Crippen LogP contribution in [0.15, 0.2) is 10.6 Å². The molecule has 0 radical (unpaired) electrons. The first kappa shape index (κ1) is 35.5. The summed E-state index contributed by atoms with van der Waals surface area (Å²) in [7, 11) is -8.42. The Hall–Kier alpha value is -2.32. The SMILES string of the molecule is COC[C@@](OC[C@H]1O[C@@H](n2ncc3c(NC4CCCC4)nc(Cl)nc32)[C@H](O)[C@@H]1O)(C(=O)N=S(C)(=O)NC(=O)C(C)C)P(=O)(O)O. The van der Waals surface area contributed by atoms with Crippen molar-refractivity contribution in [3.63, 3.8) is 0 Å². The highest BCUT2D eigenvalue weighted by Crippen LogP contribution is 2.53. The smallest absolute Gasteiger partial charge is 0.369 e. The van der Waals surface area contributed by atoms with Crippen LogP contribution in [-0.2, 0) is 38.3 Å². The number of carbonyl (C=O) groups excluding carboxylic acids is 2. The van der Waals surface area contributed by atoms with Gasteiger partial charge in [-0.15, -0.1) is 4.36 Å². The molecule has 0 aromatic carbocycles. The third kappa shape index (κ3) is 7.64. The zero-order chi connectivity index (χ0) is 33.3. The van der Waals surface area contributed by atoms with Gasteiger partial charge in [-0.1, -0.05) is 26.7 Å². The molecule has 6 atom stereocenters. The van der Waals surface area contributed by atoms with Gasteiger partial charge in [0.1, 0.15) is 34.0 Å². The maximum absolute atomic E-state index is 13.2. The summed E-state index contributed by atoms with van der Waals surface area (Å²) in [6, 6.07) is 0.183. The average molecular weight is 698 g/mol. The fourth-order valence-corrected chi connectivity index (χ4v) is 7.15. The molecule has 252 valence electrons. The third-order valence-corrected chi connectivity index (χ3v) is 10.1. The summed E-state index contributed by atoms with van der Waals surface area (Å²) in [5.41, 5.74) is 0.174. The molecule has 4 rings (SSSR count). The second-order valence-corrected chi connectivity index (χ2v) is 15.4. The van der Waals surface area contributed by atoms with Crippen LogP contribution in [0.2, 0.25) is 5.28 Å². The quantitative estimate of drug-likeness (QED) is 0.129. The van der Waals surface area contributed by atoms with E-state index in [9.17, 15) is 38.4 Å². The van der Waals surface area contributed by atoms with Gasteiger partial charge >= 0.3 is 13.5 Å². The van der Waals surface area contributed by atoms with Crippen LogP contribution < -0.4 is 10.0 Å². The maximum Gasteiger partial charge on any atom is 0.369 e. The first-order valence-electron chi connectivity index (χ1n) is 13.9. The van der Waals surface area contributed by atoms with Crippen LogP contribution in [-0.4, -0.2) is 112 Å². The van der Waals surface area contributed by atoms with Gasteiger partial charge in [-0.25, -0.2) is 8.89 Å². The number of rotatable bonds is 12. The summed E-state index contributed by atoms with van der Waals surface area (Å²) in [4.78, 5) is 54.1. The molecule has 2 amide bonds. The standard InChI is InChI=1S/C24H37ClN7O11PS/c1-12(2)20(35)30-45(4,40)31-22(36)24(11-41-3,44(37,38)39)42-10-15-16(33)17(34)21(43-15)32-19-14(9-26-32)18(28-23(25)29-19)27-13-7-5-6-8-13/h9,12-13,15-17,21,33-34H,5-8,10-11H2,1-4H3,(H,27,28,29)(H2,37,38,39)(H,30,31,35,36,40)/t15-,16-,17-,21-,24+,45?/m1/s1. The summed E-state index contributed by atoms with van der Waals surface area (Å²) in [6.07, 6.45) is 0.188. The van der Waals surface area contributed by atoms with Crippen molar-refractivity contribution in [3.05, 3.63) is 11.5 Å². The predicted molar refractivity (Wildman–Crippen MR) is 159 cm³/mol. The number of fused-ring (bicyclic) bond motifs is 1. The molecule has 1 unspecified atom stereocenters. The Morgan fingerprint density at radius 3 is 2.53 bits per heavy atom. The van der Waals surface area contributed by atoms with E-state index in [2.05, 4.69) is 24.7 Å². The molecule has 0 spiro atoms. The van der Waals surface area contributed by atoms with Crippen molar-refractivity contribution in [2.45, 2.75) is 75.5 Å². The number of amides is 2. The van der Waals surface area contributed by atoms with Crippen LogP contribution in [0.3, 0.4) is 0 Å². The molecule has 1 saturated carbocycles. The molecule has 1 saturated heterocycles. The molecular weight excluding hydrogens is 661 g/mol. The van der Waals surface area contributed by atoms with Gasteiger partial charge in [0.2, 0.25) is 11.2 Å². The van der Waals surface area contributed by atoms with Gasteiger partial charge in [-0.05, 0) is 24.4 Å². The highest BCUT2D eigenvalue weighted by molar-refractivity contribution is 7.91. The van der Waals surface area contributed by atoms with Crippen molar-refractivity contribution in [3.8, 4) is 0 Å². The molecule has 6 N–H and O–H groups in total. The number of nitrogens with zero attached hydrogens (tertiary/aromatic N) is 5. The summed E-state index contributed by atoms with van der Waals surface area (Å²) in [6.45, 7) is 1.05. The molecule has 2 aromatic rings. The zero-order valence-electron chi connectivity index (χ0n) is 24.9. The minimum atomic E-state index is -5.62. The molecular formula is C24H37ClN7O11PS. The Morgan fingerprint density at radius 2 is 1.93 bits per heavy atom. The van der Waals surface area contributed by atoms with Gasteiger partial charge in [0.05, 0.1) is 24.8 Å². The Kier molecular flexibility index (Phi) is 10.9. The van der Waals surface area contributed by atoms with Crippen molar-refractivity contribution in [1.82, 2.24) is 24.5 Å². The maximum atomic E-state index is 13.2. The molecule has 2 fully saturated rings. The van der Waals surface area contributed by atoms with E-state index >= 15 is 0 Å². The largest absolute Gasteiger partial charge is 0.387 e. The van der Waals surface area contributed by atoms with Gasteiger partial charge in [0.25, 0.3) is 5.34 Å². The molecule has 21 heteroatoms. The van der Waals surface area contributed by atoms with Crippen molar-refractivity contribution in [2.24, 2.45) is 10.3 Å². The van der Waals surface area contributed by atoms with E-state index in [0.29, 0.717) is 11.2 Å². The molecule has 1 aliphatic carbocycles. The molecule has 3 heterocycles. The lowest BCUT2D eigenvalue weighted by atomic mass is 10.1. The Balaban J connectivity index is 1.60. The molecule has 18 nitrogen and oxygen atoms in total. The first-order chi connectivity index (χ1) is 21.0. The summed E-state index contributed by atoms with van der Waals surface area (Å²) in [5, 5.41) is 26.5. The lowest BCUT2D eigenvalue weighted by molar-refractivity contribution is -0.149. The topological polar surface area (TPSA) is 257 Å². The number of methoxy groups -OCH3 is 1. The van der Waals surface area contributed by atoms with E-state index in [1.54, 1.807) is 0 Å². The molecule has 45 heavy (non-hydrogen) atoms. The molecule has 0 bridgehead atoms. The first-order valence-corrected chi connectivity index (χ1v) is 17.9. The van der Waals surface area contributed by atoms with Gasteiger partial charge in [0, 0.05) is 25.3 Å². The number of carbonyl (C=O) groups is 2. The lowest BCUT2D eigenvalue weighted by Gasteiger charge is -2.31. The number of hydrogen-bond donors (Lipinski definition) is 6. The Bertz CT molecular complexity index is 1590.